The second-order valence-electron chi connectivity index (χ2n) is 15.0. The SMILES string of the molecule is O=C(CCC1CCC(C(F)Cc2ccc(-c3ccc(F)cc3)cc2)CC1)CC[C@H]1CC[C@H](C(F)Cc2ccc(-c3ccc(F)cc3)cc2)CC1. The number of hydrogen-bond donors (Lipinski definition) is 0. The number of rotatable bonds is 14. The van der Waals surface area contributed by atoms with Crippen molar-refractivity contribution in [2.24, 2.45) is 23.7 Å². The molecule has 2 unspecified atom stereocenters. The van der Waals surface area contributed by atoms with Crippen LogP contribution in [0.2, 0.25) is 0 Å². The Bertz CT molecular complexity index is 1490. The quantitative estimate of drug-likeness (QED) is 0.121. The number of halogens is 4. The van der Waals surface area contributed by atoms with Crippen molar-refractivity contribution in [2.75, 3.05) is 0 Å². The summed E-state index contributed by atoms with van der Waals surface area (Å²) in [4.78, 5) is 12.8. The van der Waals surface area contributed by atoms with Gasteiger partial charge in [-0.25, -0.2) is 17.6 Å². The lowest BCUT2D eigenvalue weighted by atomic mass is 9.76. The highest BCUT2D eigenvalue weighted by molar-refractivity contribution is 5.78. The number of carbonyl (C=O) groups excluding carboxylic acids is 1. The predicted octanol–water partition coefficient (Wildman–Crippen LogP) is 12.5. The Morgan fingerprint density at radius 2 is 0.780 bits per heavy atom. The molecule has 264 valence electrons. The van der Waals surface area contributed by atoms with Crippen LogP contribution < -0.4 is 0 Å². The molecule has 2 aliphatic carbocycles. The predicted molar refractivity (Wildman–Crippen MR) is 195 cm³/mol. The van der Waals surface area contributed by atoms with E-state index in [1.807, 2.05) is 48.5 Å². The van der Waals surface area contributed by atoms with Crippen LogP contribution in [0.4, 0.5) is 17.6 Å². The third-order valence-corrected chi connectivity index (χ3v) is 11.6. The highest BCUT2D eigenvalue weighted by Crippen LogP contribution is 2.37. The largest absolute Gasteiger partial charge is 0.300 e. The fourth-order valence-corrected chi connectivity index (χ4v) is 8.27. The molecule has 2 saturated carbocycles. The summed E-state index contributed by atoms with van der Waals surface area (Å²) in [6, 6.07) is 28.7. The second-order valence-corrected chi connectivity index (χ2v) is 15.0. The topological polar surface area (TPSA) is 17.1 Å². The number of carbonyl (C=O) groups is 1. The summed E-state index contributed by atoms with van der Waals surface area (Å²) in [5.74, 6) is 0.994. The van der Waals surface area contributed by atoms with Crippen molar-refractivity contribution in [1.29, 1.82) is 0 Å². The maximum Gasteiger partial charge on any atom is 0.132 e. The molecule has 0 amide bonds. The minimum absolute atomic E-state index is 0.0751. The summed E-state index contributed by atoms with van der Waals surface area (Å²) in [5, 5.41) is 0. The molecular formula is C45H50F4O. The summed E-state index contributed by atoms with van der Waals surface area (Å²) >= 11 is 0. The van der Waals surface area contributed by atoms with Gasteiger partial charge in [-0.05, 0) is 120 Å². The highest BCUT2D eigenvalue weighted by Gasteiger charge is 2.29. The van der Waals surface area contributed by atoms with Gasteiger partial charge in [-0.1, -0.05) is 98.5 Å². The van der Waals surface area contributed by atoms with E-state index in [-0.39, 0.29) is 23.5 Å². The molecule has 50 heavy (non-hydrogen) atoms. The van der Waals surface area contributed by atoms with Gasteiger partial charge in [-0.3, -0.25) is 4.79 Å². The van der Waals surface area contributed by atoms with Crippen LogP contribution in [0.1, 0.15) is 88.2 Å². The van der Waals surface area contributed by atoms with Crippen LogP contribution in [0.5, 0.6) is 0 Å². The van der Waals surface area contributed by atoms with Crippen molar-refractivity contribution in [2.45, 2.75) is 102 Å². The van der Waals surface area contributed by atoms with E-state index in [2.05, 4.69) is 0 Å². The Labute approximate surface area is 295 Å². The minimum Gasteiger partial charge on any atom is -0.300 e. The lowest BCUT2D eigenvalue weighted by molar-refractivity contribution is -0.119. The van der Waals surface area contributed by atoms with Crippen molar-refractivity contribution in [1.82, 2.24) is 0 Å². The lowest BCUT2D eigenvalue weighted by Gasteiger charge is -2.31. The zero-order valence-electron chi connectivity index (χ0n) is 29.0. The van der Waals surface area contributed by atoms with Crippen molar-refractivity contribution in [3.8, 4) is 22.3 Å². The molecule has 0 N–H and O–H groups in total. The molecule has 2 atom stereocenters. The van der Waals surface area contributed by atoms with Crippen LogP contribution in [0.15, 0.2) is 97.1 Å². The molecule has 6 rings (SSSR count). The van der Waals surface area contributed by atoms with E-state index in [9.17, 15) is 13.6 Å². The van der Waals surface area contributed by atoms with Crippen LogP contribution in [0.3, 0.4) is 0 Å². The molecule has 0 saturated heterocycles. The Balaban J connectivity index is 0.833. The number of benzene rings is 4. The van der Waals surface area contributed by atoms with E-state index < -0.39 is 12.3 Å². The van der Waals surface area contributed by atoms with Gasteiger partial charge in [0.2, 0.25) is 0 Å². The molecule has 0 aliphatic heterocycles. The number of hydrogen-bond acceptors (Lipinski definition) is 1. The number of ketones is 1. The van der Waals surface area contributed by atoms with Crippen LogP contribution in [0.25, 0.3) is 22.3 Å². The van der Waals surface area contributed by atoms with Gasteiger partial charge in [0, 0.05) is 25.7 Å². The van der Waals surface area contributed by atoms with Gasteiger partial charge >= 0.3 is 0 Å². The molecule has 4 aromatic carbocycles. The molecule has 0 bridgehead atoms. The van der Waals surface area contributed by atoms with Gasteiger partial charge < -0.3 is 0 Å². The molecule has 0 radical (unpaired) electrons. The summed E-state index contributed by atoms with van der Waals surface area (Å²) in [6.45, 7) is 0. The number of Topliss-reactive ketones (excluding diaryl/α,β-unsaturated/α-hetero) is 1. The Kier molecular flexibility index (Phi) is 12.6. The zero-order valence-corrected chi connectivity index (χ0v) is 29.0. The van der Waals surface area contributed by atoms with Gasteiger partial charge in [-0.15, -0.1) is 0 Å². The molecule has 0 heterocycles. The molecule has 0 spiro atoms. The molecule has 2 aliphatic rings. The van der Waals surface area contributed by atoms with E-state index in [4.69, 9.17) is 0 Å². The fraction of sp³-hybridized carbons (Fsp3) is 0.444. The molecule has 2 fully saturated rings. The maximum atomic E-state index is 15.3. The number of alkyl halides is 2. The van der Waals surface area contributed by atoms with Crippen molar-refractivity contribution < 1.29 is 22.4 Å². The van der Waals surface area contributed by atoms with Crippen molar-refractivity contribution >= 4 is 5.78 Å². The van der Waals surface area contributed by atoms with Gasteiger partial charge in [0.05, 0.1) is 0 Å². The normalized spacial score (nSPS) is 22.2. The van der Waals surface area contributed by atoms with E-state index >= 15 is 8.78 Å². The van der Waals surface area contributed by atoms with Gasteiger partial charge in [0.25, 0.3) is 0 Å². The first-order valence-corrected chi connectivity index (χ1v) is 18.8. The maximum absolute atomic E-state index is 15.3. The van der Waals surface area contributed by atoms with Crippen LogP contribution >= 0.6 is 0 Å². The van der Waals surface area contributed by atoms with Gasteiger partial charge in [0.15, 0.2) is 0 Å². The van der Waals surface area contributed by atoms with Crippen molar-refractivity contribution in [3.63, 3.8) is 0 Å². The minimum atomic E-state index is -0.863. The molecule has 1 nitrogen and oxygen atoms in total. The zero-order chi connectivity index (χ0) is 34.9. The first-order valence-electron chi connectivity index (χ1n) is 18.8. The standard InChI is InChI=1S/C45H50F4O/c46-41-23-19-37(20-24-41)35-11-5-33(6-12-35)29-44(48)39-15-1-31(2-16-39)9-27-43(50)28-10-32-3-17-40(18-4-32)45(49)30-34-7-13-36(14-8-34)38-21-25-42(47)26-22-38/h5-8,11-14,19-26,31-32,39-40,44-45H,1-4,9-10,15-18,27-30H2/t31-,32?,39-,40?,44?,45?. The van der Waals surface area contributed by atoms with Gasteiger partial charge in [0.1, 0.15) is 29.8 Å². The first-order chi connectivity index (χ1) is 24.3. The Hall–Kier alpha value is -3.73. The fourth-order valence-electron chi connectivity index (χ4n) is 8.27. The first kappa shape index (κ1) is 36.1. The molecule has 5 heteroatoms. The average molecular weight is 683 g/mol. The van der Waals surface area contributed by atoms with Crippen molar-refractivity contribution in [3.05, 3.63) is 120 Å². The third-order valence-electron chi connectivity index (χ3n) is 11.6. The summed E-state index contributed by atoms with van der Waals surface area (Å²) in [7, 11) is 0. The van der Waals surface area contributed by atoms with Crippen LogP contribution in [0, 0.1) is 35.3 Å². The Morgan fingerprint density at radius 3 is 1.10 bits per heavy atom. The van der Waals surface area contributed by atoms with Crippen LogP contribution in [-0.2, 0) is 17.6 Å². The van der Waals surface area contributed by atoms with E-state index in [0.717, 1.165) is 97.6 Å². The monoisotopic (exact) mass is 682 g/mol. The molecular weight excluding hydrogens is 632 g/mol. The smallest absolute Gasteiger partial charge is 0.132 e. The molecule has 0 aromatic heterocycles. The summed E-state index contributed by atoms with van der Waals surface area (Å²) in [6.07, 6.45) is 9.68. The summed E-state index contributed by atoms with van der Waals surface area (Å²) < 4.78 is 57.0. The summed E-state index contributed by atoms with van der Waals surface area (Å²) in [5.41, 5.74) is 5.86. The molecule has 4 aromatic rings. The van der Waals surface area contributed by atoms with Crippen LogP contribution in [-0.4, -0.2) is 18.1 Å². The van der Waals surface area contributed by atoms with E-state index in [0.29, 0.717) is 43.3 Å². The van der Waals surface area contributed by atoms with E-state index in [1.54, 1.807) is 24.3 Å². The lowest BCUT2D eigenvalue weighted by Crippen LogP contribution is -2.25. The van der Waals surface area contributed by atoms with Gasteiger partial charge in [-0.2, -0.15) is 0 Å². The van der Waals surface area contributed by atoms with E-state index in [1.165, 1.54) is 24.3 Å². The third kappa shape index (κ3) is 10.2. The Morgan fingerprint density at radius 1 is 0.480 bits per heavy atom. The average Bonchev–Trinajstić information content (AvgIpc) is 3.15. The highest BCUT2D eigenvalue weighted by atomic mass is 19.1. The second kappa shape index (κ2) is 17.5.